The lowest BCUT2D eigenvalue weighted by Gasteiger charge is -2.31. The first kappa shape index (κ1) is 20.5. The van der Waals surface area contributed by atoms with Crippen LogP contribution in [0.3, 0.4) is 0 Å². The number of aromatic amines is 1. The van der Waals surface area contributed by atoms with Gasteiger partial charge in [-0.25, -0.2) is 12.8 Å². The van der Waals surface area contributed by atoms with Crippen LogP contribution in [0.15, 0.2) is 35.4 Å². The molecule has 1 aliphatic rings. The predicted octanol–water partition coefficient (Wildman–Crippen LogP) is 2.01. The van der Waals surface area contributed by atoms with Crippen LogP contribution in [0.4, 0.5) is 4.39 Å². The van der Waals surface area contributed by atoms with Gasteiger partial charge in [0.15, 0.2) is 0 Å². The van der Waals surface area contributed by atoms with E-state index < -0.39 is 15.8 Å². The number of nitrogens with zero attached hydrogens (tertiary/aromatic N) is 2. The third-order valence-electron chi connectivity index (χ3n) is 5.06. The number of rotatable bonds is 7. The summed E-state index contributed by atoms with van der Waals surface area (Å²) in [7, 11) is -3.73. The van der Waals surface area contributed by atoms with Gasteiger partial charge in [-0.15, -0.1) is 0 Å². The Kier molecular flexibility index (Phi) is 6.46. The molecule has 7 nitrogen and oxygen atoms in total. The van der Waals surface area contributed by atoms with Gasteiger partial charge in [0, 0.05) is 25.3 Å². The Morgan fingerprint density at radius 1 is 1.36 bits per heavy atom. The summed E-state index contributed by atoms with van der Waals surface area (Å²) in [6.07, 6.45) is 4.67. The Bertz CT molecular complexity index is 912. The topological polar surface area (TPSA) is 95.2 Å². The maximum atomic E-state index is 13.1. The Morgan fingerprint density at radius 3 is 2.79 bits per heavy atom. The van der Waals surface area contributed by atoms with E-state index in [-0.39, 0.29) is 23.3 Å². The van der Waals surface area contributed by atoms with Gasteiger partial charge in [0.25, 0.3) is 0 Å². The summed E-state index contributed by atoms with van der Waals surface area (Å²) < 4.78 is 39.9. The molecule has 2 N–H and O–H groups in total. The van der Waals surface area contributed by atoms with Crippen molar-refractivity contribution in [2.24, 2.45) is 5.92 Å². The van der Waals surface area contributed by atoms with E-state index in [0.717, 1.165) is 36.2 Å². The van der Waals surface area contributed by atoms with Crippen molar-refractivity contribution in [2.75, 3.05) is 19.6 Å². The fraction of sp³-hybridized carbons (Fsp3) is 0.474. The summed E-state index contributed by atoms with van der Waals surface area (Å²) in [6.45, 7) is 3.00. The number of halogens is 1. The van der Waals surface area contributed by atoms with Crippen molar-refractivity contribution in [1.82, 2.24) is 19.8 Å². The first-order valence-electron chi connectivity index (χ1n) is 9.40. The molecular formula is C19H25FN4O3S. The molecule has 1 amide bonds. The third-order valence-corrected chi connectivity index (χ3v) is 6.94. The monoisotopic (exact) mass is 408 g/mol. The third kappa shape index (κ3) is 4.77. The molecule has 1 aliphatic heterocycles. The number of aryl methyl sites for hydroxylation is 2. The van der Waals surface area contributed by atoms with E-state index >= 15 is 0 Å². The van der Waals surface area contributed by atoms with Crippen LogP contribution in [-0.4, -0.2) is 48.5 Å². The zero-order chi connectivity index (χ0) is 20.1. The van der Waals surface area contributed by atoms with Crippen molar-refractivity contribution in [3.63, 3.8) is 0 Å². The lowest BCUT2D eigenvalue weighted by Crippen LogP contribution is -2.45. The van der Waals surface area contributed by atoms with Crippen LogP contribution < -0.4 is 5.32 Å². The molecule has 1 aromatic carbocycles. The van der Waals surface area contributed by atoms with Crippen LogP contribution in [0.25, 0.3) is 0 Å². The van der Waals surface area contributed by atoms with E-state index in [1.165, 1.54) is 16.4 Å². The molecule has 28 heavy (non-hydrogen) atoms. The van der Waals surface area contributed by atoms with Gasteiger partial charge in [-0.1, -0.05) is 0 Å². The minimum Gasteiger partial charge on any atom is -0.356 e. The molecule has 1 atom stereocenters. The first-order chi connectivity index (χ1) is 13.4. The molecular weight excluding hydrogens is 383 g/mol. The molecule has 1 unspecified atom stereocenters. The maximum Gasteiger partial charge on any atom is 0.243 e. The summed E-state index contributed by atoms with van der Waals surface area (Å²) in [5.74, 6) is -0.983. The minimum absolute atomic E-state index is 0.0467. The number of carbonyl (C=O) groups excluding carboxylic acids is 1. The predicted molar refractivity (Wildman–Crippen MR) is 103 cm³/mol. The summed E-state index contributed by atoms with van der Waals surface area (Å²) in [6, 6.07) is 4.77. The normalized spacial score (nSPS) is 18.1. The highest BCUT2D eigenvalue weighted by molar-refractivity contribution is 7.89. The van der Waals surface area contributed by atoms with E-state index in [0.29, 0.717) is 25.9 Å². The molecule has 0 bridgehead atoms. The molecule has 2 heterocycles. The summed E-state index contributed by atoms with van der Waals surface area (Å²) in [5.41, 5.74) is 2.16. The molecule has 2 aromatic rings. The molecule has 1 aromatic heterocycles. The van der Waals surface area contributed by atoms with Gasteiger partial charge in [0.05, 0.1) is 17.0 Å². The highest BCUT2D eigenvalue weighted by atomic mass is 32.2. The SMILES string of the molecule is Cc1[nH]ncc1CCCNC(=O)C1CCCN(S(=O)(=O)c2ccc(F)cc2)C1. The number of aromatic nitrogens is 2. The summed E-state index contributed by atoms with van der Waals surface area (Å²) >= 11 is 0. The number of amides is 1. The number of benzene rings is 1. The van der Waals surface area contributed by atoms with Crippen LogP contribution in [0.2, 0.25) is 0 Å². The molecule has 3 rings (SSSR count). The second-order valence-corrected chi connectivity index (χ2v) is 9.01. The van der Waals surface area contributed by atoms with Crippen molar-refractivity contribution in [1.29, 1.82) is 0 Å². The zero-order valence-corrected chi connectivity index (χ0v) is 16.6. The maximum absolute atomic E-state index is 13.1. The Balaban J connectivity index is 1.53. The molecule has 1 fully saturated rings. The number of piperidine rings is 1. The quantitative estimate of drug-likeness (QED) is 0.685. The Morgan fingerprint density at radius 2 is 2.11 bits per heavy atom. The van der Waals surface area contributed by atoms with Crippen molar-refractivity contribution in [3.8, 4) is 0 Å². The Labute approximate surface area is 164 Å². The highest BCUT2D eigenvalue weighted by Gasteiger charge is 2.33. The average molecular weight is 408 g/mol. The number of carbonyl (C=O) groups is 1. The molecule has 0 radical (unpaired) electrons. The van der Waals surface area contributed by atoms with Gasteiger partial charge in [-0.05, 0) is 62.4 Å². The van der Waals surface area contributed by atoms with Crippen molar-refractivity contribution < 1.29 is 17.6 Å². The van der Waals surface area contributed by atoms with Crippen LogP contribution in [-0.2, 0) is 21.2 Å². The fourth-order valence-corrected chi connectivity index (χ4v) is 4.92. The van der Waals surface area contributed by atoms with E-state index in [2.05, 4.69) is 15.5 Å². The van der Waals surface area contributed by atoms with Crippen LogP contribution in [0.5, 0.6) is 0 Å². The lowest BCUT2D eigenvalue weighted by molar-refractivity contribution is -0.126. The van der Waals surface area contributed by atoms with Gasteiger partial charge >= 0.3 is 0 Å². The minimum atomic E-state index is -3.73. The van der Waals surface area contributed by atoms with Gasteiger partial charge in [0.2, 0.25) is 15.9 Å². The lowest BCUT2D eigenvalue weighted by atomic mass is 9.99. The molecule has 152 valence electrons. The smallest absolute Gasteiger partial charge is 0.243 e. The fourth-order valence-electron chi connectivity index (χ4n) is 3.39. The number of H-pyrrole nitrogens is 1. The van der Waals surface area contributed by atoms with Crippen molar-refractivity contribution >= 4 is 15.9 Å². The van der Waals surface area contributed by atoms with E-state index in [1.807, 2.05) is 6.92 Å². The molecule has 0 spiro atoms. The van der Waals surface area contributed by atoms with Crippen LogP contribution in [0, 0.1) is 18.7 Å². The standard InChI is InChI=1S/C19H25FN4O3S/c1-14-15(12-22-23-14)4-2-10-21-19(25)16-5-3-11-24(13-16)28(26,27)18-8-6-17(20)7-9-18/h6-9,12,16H,2-5,10-11,13H2,1H3,(H,21,25)(H,22,23). The second kappa shape index (κ2) is 8.83. The molecule has 9 heteroatoms. The number of hydrogen-bond acceptors (Lipinski definition) is 4. The van der Waals surface area contributed by atoms with Crippen molar-refractivity contribution in [3.05, 3.63) is 47.5 Å². The largest absolute Gasteiger partial charge is 0.356 e. The van der Waals surface area contributed by atoms with Gasteiger partial charge in [0.1, 0.15) is 5.82 Å². The number of hydrogen-bond donors (Lipinski definition) is 2. The van der Waals surface area contributed by atoms with Gasteiger partial charge < -0.3 is 5.32 Å². The highest BCUT2D eigenvalue weighted by Crippen LogP contribution is 2.24. The summed E-state index contributed by atoms with van der Waals surface area (Å²) in [4.78, 5) is 12.5. The number of sulfonamides is 1. The first-order valence-corrected chi connectivity index (χ1v) is 10.8. The van der Waals surface area contributed by atoms with Gasteiger partial charge in [-0.2, -0.15) is 9.40 Å². The Hall–Kier alpha value is -2.26. The molecule has 0 aliphatic carbocycles. The summed E-state index contributed by atoms with van der Waals surface area (Å²) in [5, 5.41) is 9.77. The van der Waals surface area contributed by atoms with Crippen molar-refractivity contribution in [2.45, 2.75) is 37.5 Å². The van der Waals surface area contributed by atoms with E-state index in [1.54, 1.807) is 6.20 Å². The van der Waals surface area contributed by atoms with E-state index in [4.69, 9.17) is 0 Å². The van der Waals surface area contributed by atoms with E-state index in [9.17, 15) is 17.6 Å². The van der Waals surface area contributed by atoms with Crippen LogP contribution >= 0.6 is 0 Å². The van der Waals surface area contributed by atoms with Crippen LogP contribution in [0.1, 0.15) is 30.5 Å². The zero-order valence-electron chi connectivity index (χ0n) is 15.8. The molecule has 0 saturated carbocycles. The number of nitrogens with one attached hydrogen (secondary N) is 2. The van der Waals surface area contributed by atoms with Gasteiger partial charge in [-0.3, -0.25) is 9.89 Å². The second-order valence-electron chi connectivity index (χ2n) is 7.07. The average Bonchev–Trinajstić information content (AvgIpc) is 3.10. The molecule has 1 saturated heterocycles.